The van der Waals surface area contributed by atoms with Crippen molar-refractivity contribution in [2.24, 2.45) is 46.3 Å². The van der Waals surface area contributed by atoms with E-state index in [1.165, 1.54) is 58.5 Å². The van der Waals surface area contributed by atoms with Gasteiger partial charge in [-0.3, -0.25) is 4.79 Å². The summed E-state index contributed by atoms with van der Waals surface area (Å²) in [6, 6.07) is 0. The SMILES string of the molecule is COC(=O)CC[C@@H](C)[C@H]1CC[C@H]2[C@@H]3CC=C4C[C@@H](C)CC[C@]4(C)[C@H]3CC[C@]12C. The number of carbonyl (C=O) groups is 1. The summed E-state index contributed by atoms with van der Waals surface area (Å²) in [4.78, 5) is 11.6. The zero-order valence-corrected chi connectivity index (χ0v) is 18.9. The molecule has 0 radical (unpaired) electrons. The van der Waals surface area contributed by atoms with Crippen LogP contribution in [0.2, 0.25) is 0 Å². The summed E-state index contributed by atoms with van der Waals surface area (Å²) in [5, 5.41) is 0. The molecule has 158 valence electrons. The Balaban J connectivity index is 1.51. The molecule has 3 saturated carbocycles. The van der Waals surface area contributed by atoms with E-state index in [1.807, 2.05) is 5.57 Å². The second kappa shape index (κ2) is 7.47. The number of ether oxygens (including phenoxy) is 1. The van der Waals surface area contributed by atoms with Crippen LogP contribution < -0.4 is 0 Å². The van der Waals surface area contributed by atoms with Crippen LogP contribution in [0.5, 0.6) is 0 Å². The highest BCUT2D eigenvalue weighted by Crippen LogP contribution is 2.67. The van der Waals surface area contributed by atoms with Gasteiger partial charge in [-0.15, -0.1) is 0 Å². The van der Waals surface area contributed by atoms with Crippen molar-refractivity contribution in [1.29, 1.82) is 0 Å². The van der Waals surface area contributed by atoms with E-state index in [2.05, 4.69) is 33.8 Å². The third-order valence-corrected chi connectivity index (χ3v) is 10.1. The molecule has 4 aliphatic carbocycles. The molecule has 2 nitrogen and oxygen atoms in total. The van der Waals surface area contributed by atoms with Gasteiger partial charge in [0.1, 0.15) is 0 Å². The average molecular weight is 387 g/mol. The molecule has 0 saturated heterocycles. The van der Waals surface area contributed by atoms with Crippen molar-refractivity contribution in [2.75, 3.05) is 7.11 Å². The normalized spacial score (nSPS) is 46.0. The molecule has 0 aromatic carbocycles. The Morgan fingerprint density at radius 1 is 1.18 bits per heavy atom. The number of hydrogen-bond donors (Lipinski definition) is 0. The maximum atomic E-state index is 11.6. The van der Waals surface area contributed by atoms with Crippen LogP contribution in [0.15, 0.2) is 11.6 Å². The Kier molecular flexibility index (Phi) is 5.47. The smallest absolute Gasteiger partial charge is 0.305 e. The first-order chi connectivity index (χ1) is 13.3. The molecular weight excluding hydrogens is 344 g/mol. The highest BCUT2D eigenvalue weighted by atomic mass is 16.5. The molecule has 28 heavy (non-hydrogen) atoms. The van der Waals surface area contributed by atoms with Crippen molar-refractivity contribution in [3.05, 3.63) is 11.6 Å². The van der Waals surface area contributed by atoms with Crippen LogP contribution in [0.1, 0.15) is 91.9 Å². The Hall–Kier alpha value is -0.790. The number of carbonyl (C=O) groups excluding carboxylic acids is 1. The van der Waals surface area contributed by atoms with Crippen molar-refractivity contribution in [3.8, 4) is 0 Å². The molecule has 0 amide bonds. The summed E-state index contributed by atoms with van der Waals surface area (Å²) in [5.41, 5.74) is 2.79. The highest BCUT2D eigenvalue weighted by molar-refractivity contribution is 5.69. The molecule has 4 rings (SSSR count). The van der Waals surface area contributed by atoms with Crippen molar-refractivity contribution in [1.82, 2.24) is 0 Å². The van der Waals surface area contributed by atoms with Crippen LogP contribution in [-0.2, 0) is 9.53 Å². The summed E-state index contributed by atoms with van der Waals surface area (Å²) < 4.78 is 4.89. The van der Waals surface area contributed by atoms with Gasteiger partial charge < -0.3 is 4.74 Å². The van der Waals surface area contributed by atoms with E-state index in [1.54, 1.807) is 0 Å². The van der Waals surface area contributed by atoms with Gasteiger partial charge in [-0.2, -0.15) is 0 Å². The second-order valence-corrected chi connectivity index (χ2v) is 11.4. The number of methoxy groups -OCH3 is 1. The van der Waals surface area contributed by atoms with Crippen molar-refractivity contribution in [3.63, 3.8) is 0 Å². The predicted octanol–water partition coefficient (Wildman–Crippen LogP) is 6.79. The van der Waals surface area contributed by atoms with Gasteiger partial charge in [0.15, 0.2) is 0 Å². The number of esters is 1. The summed E-state index contributed by atoms with van der Waals surface area (Å²) >= 11 is 0. The lowest BCUT2D eigenvalue weighted by molar-refractivity contribution is -0.141. The van der Waals surface area contributed by atoms with Crippen LogP contribution in [0, 0.1) is 46.3 Å². The molecule has 4 aliphatic rings. The second-order valence-electron chi connectivity index (χ2n) is 11.4. The van der Waals surface area contributed by atoms with Crippen LogP contribution in [0.4, 0.5) is 0 Å². The summed E-state index contributed by atoms with van der Waals surface area (Å²) in [6.07, 6.45) is 15.4. The zero-order valence-electron chi connectivity index (χ0n) is 18.9. The van der Waals surface area contributed by atoms with Gasteiger partial charge in [0, 0.05) is 6.42 Å². The van der Waals surface area contributed by atoms with Gasteiger partial charge in [0.25, 0.3) is 0 Å². The lowest BCUT2D eigenvalue weighted by atomic mass is 9.46. The van der Waals surface area contributed by atoms with Gasteiger partial charge in [-0.05, 0) is 104 Å². The monoisotopic (exact) mass is 386 g/mol. The lowest BCUT2D eigenvalue weighted by Gasteiger charge is -2.58. The first kappa shape index (κ1) is 20.5. The van der Waals surface area contributed by atoms with Crippen LogP contribution in [0.25, 0.3) is 0 Å². The third kappa shape index (κ3) is 3.18. The predicted molar refractivity (Wildman–Crippen MR) is 115 cm³/mol. The Labute approximate surface area is 172 Å². The Morgan fingerprint density at radius 2 is 1.96 bits per heavy atom. The maximum Gasteiger partial charge on any atom is 0.305 e. The molecule has 0 N–H and O–H groups in total. The number of hydrogen-bond acceptors (Lipinski definition) is 2. The molecule has 0 aromatic rings. The van der Waals surface area contributed by atoms with Crippen molar-refractivity contribution >= 4 is 5.97 Å². The van der Waals surface area contributed by atoms with E-state index >= 15 is 0 Å². The minimum absolute atomic E-state index is 0.0420. The largest absolute Gasteiger partial charge is 0.469 e. The van der Waals surface area contributed by atoms with Crippen molar-refractivity contribution < 1.29 is 9.53 Å². The van der Waals surface area contributed by atoms with Crippen LogP contribution in [-0.4, -0.2) is 13.1 Å². The van der Waals surface area contributed by atoms with E-state index < -0.39 is 0 Å². The quantitative estimate of drug-likeness (QED) is 0.393. The van der Waals surface area contributed by atoms with Crippen LogP contribution in [0.3, 0.4) is 0 Å². The Morgan fingerprint density at radius 3 is 2.71 bits per heavy atom. The first-order valence-electron chi connectivity index (χ1n) is 12.1. The van der Waals surface area contributed by atoms with E-state index in [-0.39, 0.29) is 5.97 Å². The number of rotatable bonds is 4. The summed E-state index contributed by atoms with van der Waals surface area (Å²) in [6.45, 7) is 10.1. The van der Waals surface area contributed by atoms with E-state index in [4.69, 9.17) is 4.74 Å². The fraction of sp³-hybridized carbons (Fsp3) is 0.885. The minimum atomic E-state index is -0.0420. The molecule has 0 unspecified atom stereocenters. The minimum Gasteiger partial charge on any atom is -0.469 e. The molecule has 3 fully saturated rings. The fourth-order valence-electron chi connectivity index (χ4n) is 8.47. The fourth-order valence-corrected chi connectivity index (χ4v) is 8.47. The van der Waals surface area contributed by atoms with Gasteiger partial charge in [-0.25, -0.2) is 0 Å². The Bertz CT molecular complexity index is 636. The zero-order chi connectivity index (χ0) is 20.1. The standard InChI is InChI=1S/C26H42O2/c1-17-12-14-25(3)19(16-17)7-8-20-22-10-9-21(18(2)6-11-24(27)28-5)26(22,4)15-13-23(20)25/h7,17-18,20-23H,6,8-16H2,1-5H3/t17-,18+,20-,21+,22-,23-,25-,26+/m0/s1. The van der Waals surface area contributed by atoms with Gasteiger partial charge in [0.2, 0.25) is 0 Å². The van der Waals surface area contributed by atoms with E-state index in [9.17, 15) is 4.79 Å². The summed E-state index contributed by atoms with van der Waals surface area (Å²) in [5.74, 6) is 4.97. The molecule has 8 atom stereocenters. The molecule has 0 bridgehead atoms. The molecular formula is C26H42O2. The summed E-state index contributed by atoms with van der Waals surface area (Å²) in [7, 11) is 1.51. The van der Waals surface area contributed by atoms with Crippen molar-refractivity contribution in [2.45, 2.75) is 91.9 Å². The topological polar surface area (TPSA) is 26.3 Å². The van der Waals surface area contributed by atoms with Gasteiger partial charge in [-0.1, -0.05) is 39.3 Å². The average Bonchev–Trinajstić information content (AvgIpc) is 3.03. The molecule has 2 heteroatoms. The lowest BCUT2D eigenvalue weighted by Crippen LogP contribution is -2.50. The highest BCUT2D eigenvalue weighted by Gasteiger charge is 2.58. The molecule has 0 aliphatic heterocycles. The van der Waals surface area contributed by atoms with Crippen LogP contribution >= 0.6 is 0 Å². The third-order valence-electron chi connectivity index (χ3n) is 10.1. The molecule has 0 spiro atoms. The molecule has 0 aromatic heterocycles. The van der Waals surface area contributed by atoms with Gasteiger partial charge >= 0.3 is 5.97 Å². The van der Waals surface area contributed by atoms with Gasteiger partial charge in [0.05, 0.1) is 7.11 Å². The van der Waals surface area contributed by atoms with E-state index in [0.29, 0.717) is 23.2 Å². The maximum absolute atomic E-state index is 11.6. The molecule has 0 heterocycles. The van der Waals surface area contributed by atoms with E-state index in [0.717, 1.165) is 36.0 Å². The first-order valence-corrected chi connectivity index (χ1v) is 12.1. The number of allylic oxidation sites excluding steroid dienone is 2. The number of fused-ring (bicyclic) bond motifs is 5.